The van der Waals surface area contributed by atoms with Crippen LogP contribution < -0.4 is 5.32 Å². The second-order valence-corrected chi connectivity index (χ2v) is 5.30. The van der Waals surface area contributed by atoms with Gasteiger partial charge in [-0.2, -0.15) is 13.2 Å². The summed E-state index contributed by atoms with van der Waals surface area (Å²) >= 11 is 0. The summed E-state index contributed by atoms with van der Waals surface area (Å²) in [6.07, 6.45) is -2.89. The first-order valence-electron chi connectivity index (χ1n) is 6.80. The van der Waals surface area contributed by atoms with Gasteiger partial charge in [-0.3, -0.25) is 0 Å². The van der Waals surface area contributed by atoms with Crippen LogP contribution in [-0.2, 0) is 11.8 Å². The quantitative estimate of drug-likeness (QED) is 0.784. The van der Waals surface area contributed by atoms with E-state index in [2.05, 4.69) is 5.32 Å². The van der Waals surface area contributed by atoms with Gasteiger partial charge in [-0.1, -0.05) is 13.0 Å². The number of hydrogen-bond acceptors (Lipinski definition) is 2. The van der Waals surface area contributed by atoms with Gasteiger partial charge in [-0.05, 0) is 63.0 Å². The first-order chi connectivity index (χ1) is 9.18. The molecule has 114 valence electrons. The molecule has 0 bridgehead atoms. The second kappa shape index (κ2) is 6.59. The third kappa shape index (κ3) is 4.49. The van der Waals surface area contributed by atoms with Crippen LogP contribution in [0.1, 0.15) is 43.4 Å². The molecule has 0 aliphatic carbocycles. The van der Waals surface area contributed by atoms with Crippen LogP contribution in [0.15, 0.2) is 18.2 Å². The molecule has 1 unspecified atom stereocenters. The Morgan fingerprint density at radius 2 is 1.85 bits per heavy atom. The number of hydrogen-bond donors (Lipinski definition) is 2. The van der Waals surface area contributed by atoms with Crippen molar-refractivity contribution in [3.63, 3.8) is 0 Å². The molecule has 20 heavy (non-hydrogen) atoms. The minimum atomic E-state index is -4.35. The highest BCUT2D eigenvalue weighted by atomic mass is 19.4. The van der Waals surface area contributed by atoms with Gasteiger partial charge in [-0.15, -0.1) is 0 Å². The maximum Gasteiger partial charge on any atom is 0.416 e. The first kappa shape index (κ1) is 17.0. The number of halogens is 3. The van der Waals surface area contributed by atoms with E-state index < -0.39 is 17.3 Å². The molecule has 1 aromatic rings. The van der Waals surface area contributed by atoms with E-state index in [9.17, 15) is 18.3 Å². The Morgan fingerprint density at radius 1 is 1.20 bits per heavy atom. The maximum absolute atomic E-state index is 12.6. The van der Waals surface area contributed by atoms with Gasteiger partial charge >= 0.3 is 6.18 Å². The molecule has 0 fully saturated rings. The first-order valence-corrected chi connectivity index (χ1v) is 6.80. The Labute approximate surface area is 118 Å². The van der Waals surface area contributed by atoms with Crippen molar-refractivity contribution in [1.29, 1.82) is 0 Å². The number of aliphatic hydroxyl groups is 1. The second-order valence-electron chi connectivity index (χ2n) is 5.30. The van der Waals surface area contributed by atoms with E-state index >= 15 is 0 Å². The number of rotatable bonds is 6. The van der Waals surface area contributed by atoms with Crippen molar-refractivity contribution in [2.24, 2.45) is 0 Å². The van der Waals surface area contributed by atoms with Crippen LogP contribution in [0.3, 0.4) is 0 Å². The van der Waals surface area contributed by atoms with Gasteiger partial charge in [0.25, 0.3) is 0 Å². The molecule has 0 saturated carbocycles. The van der Waals surface area contributed by atoms with E-state index in [1.807, 2.05) is 6.92 Å². The summed E-state index contributed by atoms with van der Waals surface area (Å²) in [7, 11) is 0. The molecule has 0 aliphatic rings. The minimum absolute atomic E-state index is 0.458. The summed E-state index contributed by atoms with van der Waals surface area (Å²) in [4.78, 5) is 0. The molecule has 0 saturated heterocycles. The van der Waals surface area contributed by atoms with Crippen molar-refractivity contribution < 1.29 is 18.3 Å². The molecule has 5 heteroatoms. The van der Waals surface area contributed by atoms with Crippen LogP contribution in [0.2, 0.25) is 0 Å². The third-order valence-electron chi connectivity index (χ3n) is 3.35. The van der Waals surface area contributed by atoms with Crippen LogP contribution >= 0.6 is 0 Å². The van der Waals surface area contributed by atoms with E-state index in [-0.39, 0.29) is 0 Å². The highest BCUT2D eigenvalue weighted by molar-refractivity contribution is 5.36. The van der Waals surface area contributed by atoms with Crippen molar-refractivity contribution in [2.75, 3.05) is 13.1 Å². The molecule has 1 atom stereocenters. The van der Waals surface area contributed by atoms with Crippen molar-refractivity contribution in [2.45, 2.75) is 45.4 Å². The van der Waals surface area contributed by atoms with Crippen LogP contribution in [0.5, 0.6) is 0 Å². The number of benzene rings is 1. The van der Waals surface area contributed by atoms with Crippen molar-refractivity contribution >= 4 is 0 Å². The minimum Gasteiger partial charge on any atom is -0.385 e. The fourth-order valence-electron chi connectivity index (χ4n) is 2.21. The third-order valence-corrected chi connectivity index (χ3v) is 3.35. The highest BCUT2D eigenvalue weighted by Crippen LogP contribution is 2.33. The van der Waals surface area contributed by atoms with Crippen LogP contribution in [0, 0.1) is 6.92 Å². The normalized spacial score (nSPS) is 15.2. The predicted octanol–water partition coefficient (Wildman–Crippen LogP) is 3.61. The lowest BCUT2D eigenvalue weighted by molar-refractivity contribution is -0.137. The van der Waals surface area contributed by atoms with Crippen molar-refractivity contribution in [3.8, 4) is 0 Å². The molecule has 0 aliphatic heterocycles. The van der Waals surface area contributed by atoms with E-state index in [0.717, 1.165) is 25.1 Å². The van der Waals surface area contributed by atoms with E-state index in [1.165, 1.54) is 6.07 Å². The molecule has 2 N–H and O–H groups in total. The number of alkyl halides is 3. The van der Waals surface area contributed by atoms with Gasteiger partial charge in [0.05, 0.1) is 11.2 Å². The molecule has 0 spiro atoms. The smallest absolute Gasteiger partial charge is 0.385 e. The van der Waals surface area contributed by atoms with E-state index in [4.69, 9.17) is 0 Å². The molecule has 0 aromatic heterocycles. The lowest BCUT2D eigenvalue weighted by Gasteiger charge is -2.26. The molecule has 1 aromatic carbocycles. The monoisotopic (exact) mass is 289 g/mol. The molecule has 2 nitrogen and oxygen atoms in total. The van der Waals surface area contributed by atoms with Gasteiger partial charge in [-0.25, -0.2) is 0 Å². The van der Waals surface area contributed by atoms with Crippen molar-refractivity contribution in [1.82, 2.24) is 5.32 Å². The van der Waals surface area contributed by atoms with Gasteiger partial charge in [0.15, 0.2) is 0 Å². The number of aryl methyl sites for hydroxylation is 1. The average Bonchev–Trinajstić information content (AvgIpc) is 2.33. The number of nitrogens with one attached hydrogen (secondary N) is 1. The summed E-state index contributed by atoms with van der Waals surface area (Å²) < 4.78 is 37.8. The van der Waals surface area contributed by atoms with Crippen LogP contribution in [-0.4, -0.2) is 18.2 Å². The standard InChI is InChI=1S/C15H22F3NO/c1-4-8-19-9-7-14(3,20)13-6-5-12(10-11(13)2)15(16,17)18/h5-6,10,19-20H,4,7-9H2,1-3H3. The Hall–Kier alpha value is -1.07. The van der Waals surface area contributed by atoms with Crippen molar-refractivity contribution in [3.05, 3.63) is 34.9 Å². The summed E-state index contributed by atoms with van der Waals surface area (Å²) in [6.45, 7) is 6.77. The van der Waals surface area contributed by atoms with Gasteiger partial charge in [0.1, 0.15) is 0 Å². The Kier molecular flexibility index (Phi) is 5.59. The summed E-state index contributed by atoms with van der Waals surface area (Å²) in [6, 6.07) is 3.48. The van der Waals surface area contributed by atoms with Gasteiger partial charge in [0, 0.05) is 0 Å². The Bertz CT molecular complexity index is 441. The zero-order valence-corrected chi connectivity index (χ0v) is 12.1. The Morgan fingerprint density at radius 3 is 2.35 bits per heavy atom. The molecular formula is C15H22F3NO. The molecule has 0 amide bonds. The molecule has 1 rings (SSSR count). The predicted molar refractivity (Wildman–Crippen MR) is 73.5 cm³/mol. The fraction of sp³-hybridized carbons (Fsp3) is 0.600. The molecule has 0 heterocycles. The molecular weight excluding hydrogens is 267 g/mol. The molecule has 0 radical (unpaired) electrons. The SMILES string of the molecule is CCCNCCC(C)(O)c1ccc(C(F)(F)F)cc1C. The van der Waals surface area contributed by atoms with E-state index in [1.54, 1.807) is 13.8 Å². The maximum atomic E-state index is 12.6. The summed E-state index contributed by atoms with van der Waals surface area (Å²) in [5.41, 5.74) is -0.808. The summed E-state index contributed by atoms with van der Waals surface area (Å²) in [5, 5.41) is 13.6. The lowest BCUT2D eigenvalue weighted by Crippen LogP contribution is -2.29. The van der Waals surface area contributed by atoms with Crippen LogP contribution in [0.25, 0.3) is 0 Å². The van der Waals surface area contributed by atoms with Gasteiger partial charge < -0.3 is 10.4 Å². The summed E-state index contributed by atoms with van der Waals surface area (Å²) in [5.74, 6) is 0. The topological polar surface area (TPSA) is 32.3 Å². The average molecular weight is 289 g/mol. The Balaban J connectivity index is 2.84. The fourth-order valence-corrected chi connectivity index (χ4v) is 2.21. The van der Waals surface area contributed by atoms with Crippen LogP contribution in [0.4, 0.5) is 13.2 Å². The highest BCUT2D eigenvalue weighted by Gasteiger charge is 2.32. The zero-order valence-electron chi connectivity index (χ0n) is 12.1. The lowest BCUT2D eigenvalue weighted by atomic mass is 9.88. The largest absolute Gasteiger partial charge is 0.416 e. The van der Waals surface area contributed by atoms with E-state index in [0.29, 0.717) is 24.1 Å². The van der Waals surface area contributed by atoms with Gasteiger partial charge in [0.2, 0.25) is 0 Å². The zero-order chi connectivity index (χ0) is 15.4.